The van der Waals surface area contributed by atoms with E-state index >= 15 is 0 Å². The van der Waals surface area contributed by atoms with Gasteiger partial charge in [-0.25, -0.2) is 10.8 Å². The van der Waals surface area contributed by atoms with Gasteiger partial charge < -0.3 is 10.7 Å². The number of nitrogens with two attached hydrogens (primary N) is 1. The molecule has 2 rings (SSSR count). The minimum Gasteiger partial charge on any atom is -0.349 e. The number of hydrazine groups is 1. The third-order valence-corrected chi connectivity index (χ3v) is 4.26. The number of nitrogen functional groups attached to an aromatic ring is 1. The summed E-state index contributed by atoms with van der Waals surface area (Å²) in [5.74, 6) is 8.12. The largest absolute Gasteiger partial charge is 0.349 e. The number of rotatable bonds is 4. The zero-order valence-corrected chi connectivity index (χ0v) is 11.9. The number of nitrogens with zero attached hydrogens (tertiary/aromatic N) is 1. The van der Waals surface area contributed by atoms with Crippen molar-refractivity contribution in [3.8, 4) is 0 Å². The van der Waals surface area contributed by atoms with Gasteiger partial charge in [0.1, 0.15) is 5.82 Å². The van der Waals surface area contributed by atoms with E-state index in [0.717, 1.165) is 36.5 Å². The molecule has 0 aliphatic carbocycles. The first-order valence-corrected chi connectivity index (χ1v) is 7.74. The Kier molecular flexibility index (Phi) is 5.04. The predicted molar refractivity (Wildman–Crippen MR) is 79.2 cm³/mol. The Morgan fingerprint density at radius 1 is 1.47 bits per heavy atom. The van der Waals surface area contributed by atoms with E-state index in [1.807, 2.05) is 24.8 Å². The molecule has 1 aliphatic heterocycles. The molecule has 19 heavy (non-hydrogen) atoms. The fourth-order valence-electron chi connectivity index (χ4n) is 2.08. The molecule has 0 bridgehead atoms. The number of pyridine rings is 1. The van der Waals surface area contributed by atoms with Crippen LogP contribution in [0.25, 0.3) is 0 Å². The molecule has 1 fully saturated rings. The third-order valence-electron chi connectivity index (χ3n) is 3.21. The number of hydrogen-bond acceptors (Lipinski definition) is 5. The van der Waals surface area contributed by atoms with Gasteiger partial charge >= 0.3 is 0 Å². The van der Waals surface area contributed by atoms with Crippen LogP contribution in [-0.4, -0.2) is 28.4 Å². The van der Waals surface area contributed by atoms with Crippen molar-refractivity contribution in [2.45, 2.75) is 32.2 Å². The summed E-state index contributed by atoms with van der Waals surface area (Å²) in [6, 6.07) is 3.81. The molecule has 0 unspecified atom stereocenters. The summed E-state index contributed by atoms with van der Waals surface area (Å²) in [4.78, 5) is 16.5. The van der Waals surface area contributed by atoms with Gasteiger partial charge in [0, 0.05) is 17.3 Å². The molecule has 4 N–H and O–H groups in total. The molecule has 0 radical (unpaired) electrons. The monoisotopic (exact) mass is 280 g/mol. The number of carbonyl (C=O) groups is 1. The quantitative estimate of drug-likeness (QED) is 0.576. The van der Waals surface area contributed by atoms with Crippen LogP contribution in [0.1, 0.15) is 35.8 Å². The Bertz CT molecular complexity index is 424. The highest BCUT2D eigenvalue weighted by Gasteiger charge is 2.17. The van der Waals surface area contributed by atoms with Crippen molar-refractivity contribution < 1.29 is 4.79 Å². The average Bonchev–Trinajstić information content (AvgIpc) is 2.47. The Morgan fingerprint density at radius 2 is 2.21 bits per heavy atom. The summed E-state index contributed by atoms with van der Waals surface area (Å²) in [6.07, 6.45) is 2.87. The van der Waals surface area contributed by atoms with Gasteiger partial charge in [-0.1, -0.05) is 6.92 Å². The lowest BCUT2D eigenvalue weighted by Gasteiger charge is -2.22. The molecule has 1 aromatic rings. The van der Waals surface area contributed by atoms with Crippen LogP contribution < -0.4 is 16.6 Å². The maximum atomic E-state index is 12.2. The number of hydrogen-bond donors (Lipinski definition) is 3. The minimum atomic E-state index is -0.0366. The van der Waals surface area contributed by atoms with Gasteiger partial charge in [0.25, 0.3) is 5.91 Å². The van der Waals surface area contributed by atoms with Gasteiger partial charge in [0.15, 0.2) is 0 Å². The Hall–Kier alpha value is -1.27. The highest BCUT2D eigenvalue weighted by atomic mass is 32.2. The summed E-state index contributed by atoms with van der Waals surface area (Å²) in [6.45, 7) is 2.00. The van der Waals surface area contributed by atoms with Crippen molar-refractivity contribution in [3.63, 3.8) is 0 Å². The maximum absolute atomic E-state index is 12.2. The molecular weight excluding hydrogens is 260 g/mol. The molecule has 6 heteroatoms. The molecule has 2 heterocycles. The molecule has 0 aromatic carbocycles. The lowest BCUT2D eigenvalue weighted by Crippen LogP contribution is -2.37. The Labute approximate surface area is 117 Å². The van der Waals surface area contributed by atoms with Crippen LogP contribution in [0.15, 0.2) is 12.1 Å². The first kappa shape index (κ1) is 14.1. The second-order valence-electron chi connectivity index (χ2n) is 4.59. The second kappa shape index (κ2) is 6.77. The SMILES string of the molecule is CCc1cc(C(=O)NC2CCSCC2)cc(NN)n1. The summed E-state index contributed by atoms with van der Waals surface area (Å²) in [5.41, 5.74) is 3.99. The standard InChI is InChI=1S/C13H20N4OS/c1-2-10-7-9(8-12(15-10)17-14)13(18)16-11-3-5-19-6-4-11/h7-8,11H,2-6,14H2,1H3,(H,15,17)(H,16,18). The van der Waals surface area contributed by atoms with Crippen molar-refractivity contribution >= 4 is 23.5 Å². The van der Waals surface area contributed by atoms with Gasteiger partial charge in [0.2, 0.25) is 0 Å². The van der Waals surface area contributed by atoms with Crippen LogP contribution in [0.2, 0.25) is 0 Å². The lowest BCUT2D eigenvalue weighted by atomic mass is 10.1. The van der Waals surface area contributed by atoms with Crippen LogP contribution in [0.3, 0.4) is 0 Å². The minimum absolute atomic E-state index is 0.0366. The van der Waals surface area contributed by atoms with E-state index in [1.54, 1.807) is 6.07 Å². The van der Waals surface area contributed by atoms with Gasteiger partial charge in [-0.15, -0.1) is 0 Å². The van der Waals surface area contributed by atoms with Crippen molar-refractivity contribution in [3.05, 3.63) is 23.4 Å². The number of aryl methyl sites for hydroxylation is 1. The molecule has 104 valence electrons. The molecule has 0 saturated carbocycles. The number of thioether (sulfide) groups is 1. The Morgan fingerprint density at radius 3 is 2.84 bits per heavy atom. The van der Waals surface area contributed by atoms with Crippen LogP contribution in [0.4, 0.5) is 5.82 Å². The van der Waals surface area contributed by atoms with Gasteiger partial charge in [-0.3, -0.25) is 4.79 Å². The fraction of sp³-hybridized carbons (Fsp3) is 0.538. The third kappa shape index (κ3) is 3.84. The number of aromatic nitrogens is 1. The average molecular weight is 280 g/mol. The van der Waals surface area contributed by atoms with E-state index in [9.17, 15) is 4.79 Å². The lowest BCUT2D eigenvalue weighted by molar-refractivity contribution is 0.0934. The zero-order valence-electron chi connectivity index (χ0n) is 11.1. The molecule has 0 spiro atoms. The molecule has 1 amide bonds. The van der Waals surface area contributed by atoms with Crippen LogP contribution >= 0.6 is 11.8 Å². The fourth-order valence-corrected chi connectivity index (χ4v) is 3.19. The van der Waals surface area contributed by atoms with E-state index < -0.39 is 0 Å². The molecular formula is C13H20N4OS. The Balaban J connectivity index is 2.08. The molecule has 1 saturated heterocycles. The summed E-state index contributed by atoms with van der Waals surface area (Å²) in [5, 5.41) is 3.09. The number of carbonyl (C=O) groups excluding carboxylic acids is 1. The number of amides is 1. The molecule has 1 aromatic heterocycles. The topological polar surface area (TPSA) is 80.0 Å². The van der Waals surface area contributed by atoms with Gasteiger partial charge in [-0.2, -0.15) is 11.8 Å². The summed E-state index contributed by atoms with van der Waals surface area (Å²) >= 11 is 1.95. The molecule has 1 aliphatic rings. The summed E-state index contributed by atoms with van der Waals surface area (Å²) < 4.78 is 0. The molecule has 5 nitrogen and oxygen atoms in total. The van der Waals surface area contributed by atoms with E-state index in [-0.39, 0.29) is 5.91 Å². The van der Waals surface area contributed by atoms with E-state index in [0.29, 0.717) is 17.4 Å². The smallest absolute Gasteiger partial charge is 0.251 e. The molecule has 0 atom stereocenters. The van der Waals surface area contributed by atoms with E-state index in [4.69, 9.17) is 5.84 Å². The van der Waals surface area contributed by atoms with Crippen molar-refractivity contribution in [1.29, 1.82) is 0 Å². The predicted octanol–water partition coefficient (Wildman–Crippen LogP) is 1.55. The number of nitrogens with one attached hydrogen (secondary N) is 2. The van der Waals surface area contributed by atoms with Crippen molar-refractivity contribution in [2.75, 3.05) is 16.9 Å². The first-order chi connectivity index (χ1) is 9.22. The van der Waals surface area contributed by atoms with Crippen LogP contribution in [-0.2, 0) is 6.42 Å². The first-order valence-electron chi connectivity index (χ1n) is 6.59. The highest BCUT2D eigenvalue weighted by Crippen LogP contribution is 2.18. The van der Waals surface area contributed by atoms with E-state index in [2.05, 4.69) is 15.7 Å². The van der Waals surface area contributed by atoms with Crippen molar-refractivity contribution in [2.24, 2.45) is 5.84 Å². The van der Waals surface area contributed by atoms with Crippen molar-refractivity contribution in [1.82, 2.24) is 10.3 Å². The van der Waals surface area contributed by atoms with Crippen LogP contribution in [0.5, 0.6) is 0 Å². The van der Waals surface area contributed by atoms with E-state index in [1.165, 1.54) is 0 Å². The normalized spacial score (nSPS) is 16.1. The van der Waals surface area contributed by atoms with Gasteiger partial charge in [0.05, 0.1) is 0 Å². The second-order valence-corrected chi connectivity index (χ2v) is 5.82. The zero-order chi connectivity index (χ0) is 13.7. The maximum Gasteiger partial charge on any atom is 0.251 e. The summed E-state index contributed by atoms with van der Waals surface area (Å²) in [7, 11) is 0. The van der Waals surface area contributed by atoms with Gasteiger partial charge in [-0.05, 0) is 42.9 Å². The number of anilines is 1. The van der Waals surface area contributed by atoms with Crippen LogP contribution in [0, 0.1) is 0 Å². The highest BCUT2D eigenvalue weighted by molar-refractivity contribution is 7.99.